The van der Waals surface area contributed by atoms with Gasteiger partial charge in [0.05, 0.1) is 0 Å². The van der Waals surface area contributed by atoms with Crippen LogP contribution in [0.5, 0.6) is 11.8 Å². The summed E-state index contributed by atoms with van der Waals surface area (Å²) in [7, 11) is 0. The van der Waals surface area contributed by atoms with Crippen molar-refractivity contribution in [2.75, 3.05) is 0 Å². The third-order valence-corrected chi connectivity index (χ3v) is 1.20. The van der Waals surface area contributed by atoms with Gasteiger partial charge in [0.15, 0.2) is 0 Å². The van der Waals surface area contributed by atoms with Crippen molar-refractivity contribution in [3.05, 3.63) is 12.1 Å². The first kappa shape index (κ1) is 9.11. The minimum Gasteiger partial charge on any atom is -0.492 e. The predicted molar refractivity (Wildman–Crippen MR) is 43.9 cm³/mol. The summed E-state index contributed by atoms with van der Waals surface area (Å²) in [5.74, 6) is -0.755. The van der Waals surface area contributed by atoms with Gasteiger partial charge in [0, 0.05) is 18.3 Å². The molecule has 0 aliphatic heterocycles. The number of hydrogen-bond donors (Lipinski definition) is 2. The maximum Gasteiger partial charge on any atom is 0.458 e. The molecule has 0 saturated heterocycles. The van der Waals surface area contributed by atoms with Gasteiger partial charge in [0.1, 0.15) is 0 Å². The van der Waals surface area contributed by atoms with Crippen LogP contribution in [0.4, 0.5) is 4.79 Å². The van der Waals surface area contributed by atoms with E-state index in [0.29, 0.717) is 4.73 Å². The van der Waals surface area contributed by atoms with E-state index < -0.39 is 6.09 Å². The number of hydrogen-bond acceptors (Lipinski definition) is 4. The number of rotatable bonds is 1. The summed E-state index contributed by atoms with van der Waals surface area (Å²) in [5, 5.41) is 18.0. The largest absolute Gasteiger partial charge is 0.492 e. The number of aromatic nitrogens is 1. The summed E-state index contributed by atoms with van der Waals surface area (Å²) in [6.07, 6.45) is 0.309. The van der Waals surface area contributed by atoms with Crippen LogP contribution in [-0.2, 0) is 0 Å². The number of carbonyl (C=O) groups is 1. The maximum atomic E-state index is 10.8. The van der Waals surface area contributed by atoms with Gasteiger partial charge in [-0.3, -0.25) is 0 Å². The highest BCUT2D eigenvalue weighted by Crippen LogP contribution is 2.18. The van der Waals surface area contributed by atoms with Crippen molar-refractivity contribution >= 4 is 12.3 Å². The molecule has 13 heavy (non-hydrogen) atoms. The molecular weight excluding hydrogens is 176 g/mol. The van der Waals surface area contributed by atoms with Crippen LogP contribution in [0.25, 0.3) is 0 Å². The molecule has 1 amide bonds. The molecule has 0 radical (unpaired) electrons. The molecule has 1 aromatic rings. The molecule has 0 unspecified atom stereocenters. The Labute approximate surface area is 73.7 Å². The van der Waals surface area contributed by atoms with Gasteiger partial charge >= 0.3 is 6.09 Å². The lowest BCUT2D eigenvalue weighted by Crippen LogP contribution is -2.15. The molecule has 6 heteroatoms. The molecule has 70 valence electrons. The van der Waals surface area contributed by atoms with Crippen molar-refractivity contribution in [2.24, 2.45) is 4.99 Å². The van der Waals surface area contributed by atoms with E-state index in [4.69, 9.17) is 10.2 Å². The highest BCUT2D eigenvalue weighted by Gasteiger charge is 2.09. The monoisotopic (exact) mass is 184 g/mol. The van der Waals surface area contributed by atoms with Gasteiger partial charge in [0.25, 0.3) is 0 Å². The summed E-state index contributed by atoms with van der Waals surface area (Å²) in [6.45, 7) is 1.54. The summed E-state index contributed by atoms with van der Waals surface area (Å²) in [6, 6.07) is 2.36. The molecule has 1 heterocycles. The Balaban J connectivity index is 2.79. The van der Waals surface area contributed by atoms with E-state index in [2.05, 4.69) is 9.83 Å². The van der Waals surface area contributed by atoms with Crippen LogP contribution in [0.15, 0.2) is 17.1 Å². The van der Waals surface area contributed by atoms with Gasteiger partial charge < -0.3 is 15.1 Å². The van der Waals surface area contributed by atoms with Crippen molar-refractivity contribution in [1.82, 2.24) is 4.73 Å². The zero-order valence-corrected chi connectivity index (χ0v) is 6.84. The SMILES string of the molecule is CC=NC(=O)On1c(O)ccc1O. The Kier molecular flexibility index (Phi) is 2.53. The normalized spacial score (nSPS) is 10.5. The fraction of sp³-hybridized carbons (Fsp3) is 0.143. The second-order valence-corrected chi connectivity index (χ2v) is 2.09. The molecule has 0 aliphatic rings. The number of nitrogens with zero attached hydrogens (tertiary/aromatic N) is 2. The van der Waals surface area contributed by atoms with Crippen LogP contribution in [0.2, 0.25) is 0 Å². The molecule has 0 bridgehead atoms. The standard InChI is InChI=1S/C7H8N2O4/c1-2-8-7(12)13-9-5(10)3-4-6(9)11/h2-4,10-11H,1H3. The van der Waals surface area contributed by atoms with E-state index in [-0.39, 0.29) is 11.8 Å². The smallest absolute Gasteiger partial charge is 0.458 e. The van der Waals surface area contributed by atoms with Crippen molar-refractivity contribution in [3.8, 4) is 11.8 Å². The Morgan fingerprint density at radius 3 is 2.54 bits per heavy atom. The Morgan fingerprint density at radius 2 is 2.08 bits per heavy atom. The Bertz CT molecular complexity index is 323. The third-order valence-electron chi connectivity index (χ3n) is 1.20. The Hall–Kier alpha value is -1.98. The van der Waals surface area contributed by atoms with Gasteiger partial charge in [-0.15, -0.1) is 4.73 Å². The molecule has 0 aromatic carbocycles. The lowest BCUT2D eigenvalue weighted by atomic mass is 10.6. The van der Waals surface area contributed by atoms with E-state index in [1.54, 1.807) is 0 Å². The van der Waals surface area contributed by atoms with E-state index in [1.807, 2.05) is 0 Å². The van der Waals surface area contributed by atoms with Crippen LogP contribution in [0.3, 0.4) is 0 Å². The predicted octanol–water partition coefficient (Wildman–Crippen LogP) is 0.539. The quantitative estimate of drug-likeness (QED) is 0.624. The van der Waals surface area contributed by atoms with Gasteiger partial charge in [0.2, 0.25) is 11.8 Å². The average molecular weight is 184 g/mol. The van der Waals surface area contributed by atoms with Crippen LogP contribution < -0.4 is 4.84 Å². The van der Waals surface area contributed by atoms with Crippen molar-refractivity contribution in [1.29, 1.82) is 0 Å². The van der Waals surface area contributed by atoms with E-state index in [9.17, 15) is 4.79 Å². The first-order valence-corrected chi connectivity index (χ1v) is 3.46. The molecule has 0 aliphatic carbocycles. The topological polar surface area (TPSA) is 84.0 Å². The summed E-state index contributed by atoms with van der Waals surface area (Å²) >= 11 is 0. The molecule has 0 saturated carbocycles. The molecule has 0 atom stereocenters. The van der Waals surface area contributed by atoms with Crippen molar-refractivity contribution < 1.29 is 19.8 Å². The maximum absolute atomic E-state index is 10.8. The highest BCUT2D eigenvalue weighted by molar-refractivity contribution is 5.78. The first-order valence-electron chi connectivity index (χ1n) is 3.46. The van der Waals surface area contributed by atoms with E-state index in [0.717, 1.165) is 0 Å². The first-order chi connectivity index (χ1) is 6.15. The van der Waals surface area contributed by atoms with Gasteiger partial charge in [-0.25, -0.2) is 4.79 Å². The van der Waals surface area contributed by atoms with Crippen LogP contribution >= 0.6 is 0 Å². The number of aromatic hydroxyl groups is 2. The second-order valence-electron chi connectivity index (χ2n) is 2.09. The zero-order valence-electron chi connectivity index (χ0n) is 6.84. The number of amides is 1. The molecule has 1 aromatic heterocycles. The van der Waals surface area contributed by atoms with Crippen LogP contribution in [0.1, 0.15) is 6.92 Å². The van der Waals surface area contributed by atoms with Crippen molar-refractivity contribution in [3.63, 3.8) is 0 Å². The molecular formula is C7H8N2O4. The van der Waals surface area contributed by atoms with Gasteiger partial charge in [-0.2, -0.15) is 4.99 Å². The Morgan fingerprint density at radius 1 is 1.54 bits per heavy atom. The second kappa shape index (κ2) is 3.61. The number of aliphatic imine (C=N–C) groups is 1. The fourth-order valence-corrected chi connectivity index (χ4v) is 0.702. The third kappa shape index (κ3) is 1.98. The number of carbonyl (C=O) groups excluding carboxylic acids is 1. The minimum atomic E-state index is -0.927. The van der Waals surface area contributed by atoms with Gasteiger partial charge in [-0.05, 0) is 6.92 Å². The average Bonchev–Trinajstić information content (AvgIpc) is 2.36. The summed E-state index contributed by atoms with van der Waals surface area (Å²) < 4.78 is 0.565. The highest BCUT2D eigenvalue weighted by atomic mass is 16.7. The van der Waals surface area contributed by atoms with Crippen LogP contribution in [-0.4, -0.2) is 27.3 Å². The minimum absolute atomic E-state index is 0.378. The molecule has 2 N–H and O–H groups in total. The molecule has 0 fully saturated rings. The lowest BCUT2D eigenvalue weighted by molar-refractivity contribution is 0.117. The van der Waals surface area contributed by atoms with Crippen LogP contribution in [0, 0.1) is 0 Å². The summed E-state index contributed by atoms with van der Waals surface area (Å²) in [5.41, 5.74) is 0. The molecule has 1 rings (SSSR count). The van der Waals surface area contributed by atoms with E-state index in [1.165, 1.54) is 25.3 Å². The van der Waals surface area contributed by atoms with Crippen molar-refractivity contribution in [2.45, 2.75) is 6.92 Å². The summed E-state index contributed by atoms with van der Waals surface area (Å²) in [4.78, 5) is 18.4. The molecule has 6 nitrogen and oxygen atoms in total. The van der Waals surface area contributed by atoms with E-state index >= 15 is 0 Å². The molecule has 0 spiro atoms. The van der Waals surface area contributed by atoms with Gasteiger partial charge in [-0.1, -0.05) is 0 Å². The fourth-order valence-electron chi connectivity index (χ4n) is 0.702. The zero-order chi connectivity index (χ0) is 9.84. The lowest BCUT2D eigenvalue weighted by Gasteiger charge is -2.02.